The zero-order valence-electron chi connectivity index (χ0n) is 33.7. The van der Waals surface area contributed by atoms with Crippen LogP contribution in [0, 0.1) is 10.1 Å². The molecule has 0 bridgehead atoms. The van der Waals surface area contributed by atoms with Crippen molar-refractivity contribution in [3.63, 3.8) is 0 Å². The number of non-ortho nitro benzene ring substituents is 1. The Labute approximate surface area is 422 Å². The molecule has 4 aromatic carbocycles. The molecule has 0 aromatic heterocycles. The summed E-state index contributed by atoms with van der Waals surface area (Å²) in [5.74, 6) is -4.74. The third kappa shape index (κ3) is 11.6. The molecule has 0 aliphatic heterocycles. The molecular weight excluding hydrogens is 877 g/mol. The summed E-state index contributed by atoms with van der Waals surface area (Å²) in [6.07, 6.45) is 4.24. The van der Waals surface area contributed by atoms with Crippen molar-refractivity contribution in [1.82, 2.24) is 0 Å². The number of nitrogens with one attached hydrogen (secondary N) is 2. The van der Waals surface area contributed by atoms with Gasteiger partial charge in [0.25, 0.3) is 5.69 Å². The molecule has 21 nitrogen and oxygen atoms in total. The molecule has 304 valence electrons. The number of Topliss-reactive ketones (excluding diaryl/α,β-unsaturated/α-hetero) is 1. The van der Waals surface area contributed by atoms with Gasteiger partial charge in [0.2, 0.25) is 5.78 Å². The number of allylic oxidation sites excluding steroid dienone is 4. The number of azo groups is 1. The number of hydrogen-bond acceptors (Lipinski definition) is 20. The molecule has 0 radical (unpaired) electrons. The second kappa shape index (κ2) is 21.8. The van der Waals surface area contributed by atoms with Crippen LogP contribution in [0.1, 0.15) is 26.3 Å². The molecule has 6 rings (SSSR count). The number of nitrogen functional groups attached to an aromatic ring is 1. The summed E-state index contributed by atoms with van der Waals surface area (Å²) in [6, 6.07) is 14.7. The van der Waals surface area contributed by atoms with E-state index in [4.69, 9.17) is 15.2 Å². The van der Waals surface area contributed by atoms with E-state index in [-0.39, 0.29) is 128 Å². The fourth-order valence-electron chi connectivity index (χ4n) is 5.72. The van der Waals surface area contributed by atoms with E-state index in [1.165, 1.54) is 38.5 Å². The first kappa shape index (κ1) is 52.0. The van der Waals surface area contributed by atoms with E-state index < -0.39 is 71.7 Å². The number of ether oxygens (including phenoxy) is 2. The number of rotatable bonds is 13. The Morgan fingerprint density at radius 1 is 0.778 bits per heavy atom. The first-order chi connectivity index (χ1) is 28.5. The van der Waals surface area contributed by atoms with E-state index in [9.17, 15) is 52.5 Å². The summed E-state index contributed by atoms with van der Waals surface area (Å²) < 4.78 is 48.6. The van der Waals surface area contributed by atoms with E-state index >= 15 is 0 Å². The summed E-state index contributed by atoms with van der Waals surface area (Å²) in [5.41, 5.74) is 9.27. The van der Waals surface area contributed by atoms with E-state index in [0.717, 1.165) is 30.4 Å². The van der Waals surface area contributed by atoms with Crippen molar-refractivity contribution in [1.29, 1.82) is 0 Å². The van der Waals surface area contributed by atoms with Crippen LogP contribution in [-0.2, 0) is 19.7 Å². The third-order valence-electron chi connectivity index (χ3n) is 8.67. The maximum Gasteiger partial charge on any atom is 1.00 e. The maximum absolute atomic E-state index is 13.8. The molecule has 0 fully saturated rings. The van der Waals surface area contributed by atoms with Gasteiger partial charge in [-0.2, -0.15) is 10.2 Å². The number of hydrazone groups is 2. The summed E-state index contributed by atoms with van der Waals surface area (Å²) in [5, 5.41) is 49.8. The van der Waals surface area contributed by atoms with Crippen molar-refractivity contribution < 1.29 is 145 Å². The number of fused-ring (bicyclic) bond motifs is 1. The van der Waals surface area contributed by atoms with Crippen LogP contribution in [0.25, 0.3) is 17.2 Å². The molecular formula is C38H25N8Na3O13S. The van der Waals surface area contributed by atoms with Crippen molar-refractivity contribution in [2.75, 3.05) is 30.8 Å². The number of methoxy groups -OCH3 is 2. The largest absolute Gasteiger partial charge is 1.00 e. The number of nitro groups is 1. The van der Waals surface area contributed by atoms with Crippen LogP contribution in [0.3, 0.4) is 0 Å². The Hall–Kier alpha value is -5.37. The molecule has 2 aliphatic rings. The quantitative estimate of drug-likeness (QED) is 0.0164. The Morgan fingerprint density at radius 2 is 1.38 bits per heavy atom. The standard InChI is InChI=1S/C38H28N8O13S.3Na/c1-58-31-13-18(3-9-28(31)42-40-20-5-12-30(47)25(15-20)38(51)52)19-4-10-29(32(14-19)59-2)43-45-35-33(60(55,56)57)17-23-22(36(35)48)7-8-26(39)34(23)44-41-27-11-6-21(46(53)54)16-24(27)37(49)50;;;/h3-17,42-43H,39H2,1-2H3,(H,49,50)(H,51,52)(H,55,56,57);;;/q;3*+1/p-3/b40-20-,44-41?,45-35-;;;. The molecule has 0 spiro atoms. The number of ketones is 2. The van der Waals surface area contributed by atoms with Gasteiger partial charge in [-0.05, 0) is 77.9 Å². The Kier molecular flexibility index (Phi) is 18.0. The number of nitro benzene ring substituents is 1. The number of carbonyl (C=O) groups excluding carboxylic acids is 4. The molecule has 0 amide bonds. The number of hydrogen-bond donors (Lipinski definition) is 3. The minimum Gasteiger partial charge on any atom is -0.744 e. The number of nitrogens with zero attached hydrogens (tertiary/aromatic N) is 5. The first-order valence-corrected chi connectivity index (χ1v) is 18.2. The molecule has 0 unspecified atom stereocenters. The Balaban J connectivity index is 0.00000352. The number of carbonyl (C=O) groups is 4. The second-order valence-electron chi connectivity index (χ2n) is 12.3. The predicted molar refractivity (Wildman–Crippen MR) is 209 cm³/mol. The molecule has 0 saturated carbocycles. The van der Waals surface area contributed by atoms with Crippen LogP contribution in [0.15, 0.2) is 116 Å². The average molecular weight is 903 g/mol. The van der Waals surface area contributed by atoms with Gasteiger partial charge >= 0.3 is 88.7 Å². The summed E-state index contributed by atoms with van der Waals surface area (Å²) in [6.45, 7) is 0. The minimum absolute atomic E-state index is 0. The van der Waals surface area contributed by atoms with Crippen LogP contribution in [-0.4, -0.2) is 67.0 Å². The monoisotopic (exact) mass is 902 g/mol. The summed E-state index contributed by atoms with van der Waals surface area (Å²) in [4.78, 5) is 57.6. The molecule has 0 saturated heterocycles. The first-order valence-electron chi connectivity index (χ1n) is 16.8. The van der Waals surface area contributed by atoms with Crippen LogP contribution in [0.2, 0.25) is 0 Å². The van der Waals surface area contributed by atoms with Crippen molar-refractivity contribution in [2.45, 2.75) is 0 Å². The molecule has 0 atom stereocenters. The Morgan fingerprint density at radius 3 is 1.92 bits per heavy atom. The van der Waals surface area contributed by atoms with Gasteiger partial charge in [0, 0.05) is 34.4 Å². The predicted octanol–water partition coefficient (Wildman–Crippen LogP) is -6.21. The van der Waals surface area contributed by atoms with Gasteiger partial charge in [-0.15, -0.1) is 10.2 Å². The number of benzene rings is 4. The zero-order chi connectivity index (χ0) is 43.5. The zero-order valence-corrected chi connectivity index (χ0v) is 40.5. The van der Waals surface area contributed by atoms with E-state index in [1.54, 1.807) is 30.3 Å². The fourth-order valence-corrected chi connectivity index (χ4v) is 6.36. The van der Waals surface area contributed by atoms with Crippen LogP contribution in [0.5, 0.6) is 11.5 Å². The molecule has 2 aliphatic carbocycles. The summed E-state index contributed by atoms with van der Waals surface area (Å²) in [7, 11) is -2.68. The van der Waals surface area contributed by atoms with Gasteiger partial charge in [-0.1, -0.05) is 12.1 Å². The van der Waals surface area contributed by atoms with E-state index in [0.29, 0.717) is 28.6 Å². The molecule has 0 heterocycles. The van der Waals surface area contributed by atoms with Crippen molar-refractivity contribution in [2.24, 2.45) is 20.4 Å². The number of nitrogens with two attached hydrogens (primary N) is 1. The van der Waals surface area contributed by atoms with Crippen molar-refractivity contribution >= 4 is 85.2 Å². The van der Waals surface area contributed by atoms with Crippen LogP contribution >= 0.6 is 0 Å². The molecule has 4 aromatic rings. The molecule has 4 N–H and O–H groups in total. The number of carboxylic acids is 2. The number of carboxylic acid groups (broad SMARTS) is 2. The second-order valence-corrected chi connectivity index (χ2v) is 13.6. The summed E-state index contributed by atoms with van der Waals surface area (Å²) >= 11 is 0. The van der Waals surface area contributed by atoms with Crippen molar-refractivity contribution in [3.05, 3.63) is 122 Å². The van der Waals surface area contributed by atoms with Crippen LogP contribution in [0.4, 0.5) is 34.1 Å². The Bertz CT molecular complexity index is 2880. The minimum atomic E-state index is -5.42. The SMILES string of the molecule is COc1cc(-c2ccc(N/N=C3\C(=O)c4ccc(N)c(N=Nc5ccc([N+](=O)[O-])cc5C(=O)[O-])c4C=C3S(=O)(=O)[O-])c(OC)c2)ccc1N/N=C1/C=CC(=O)C(C(=O)[O-])=C1.[Na+].[Na+].[Na+]. The smallest absolute Gasteiger partial charge is 0.744 e. The normalized spacial score (nSPS) is 14.3. The fraction of sp³-hybridized carbons (Fsp3) is 0.0526. The van der Waals surface area contributed by atoms with Gasteiger partial charge < -0.3 is 39.6 Å². The molecule has 25 heteroatoms. The number of aliphatic carboxylic acids is 1. The van der Waals surface area contributed by atoms with Gasteiger partial charge in [0.1, 0.15) is 33.0 Å². The van der Waals surface area contributed by atoms with Gasteiger partial charge in [-0.25, -0.2) is 8.42 Å². The topological polar surface area (TPSA) is 333 Å². The van der Waals surface area contributed by atoms with E-state index in [2.05, 4.69) is 31.3 Å². The van der Waals surface area contributed by atoms with Crippen molar-refractivity contribution in [3.8, 4) is 22.6 Å². The number of aromatic carboxylic acids is 1. The maximum atomic E-state index is 13.8. The number of anilines is 3. The van der Waals surface area contributed by atoms with Gasteiger partial charge in [0.15, 0.2) is 5.78 Å². The third-order valence-corrected chi connectivity index (χ3v) is 9.52. The average Bonchev–Trinajstić information content (AvgIpc) is 3.21. The van der Waals surface area contributed by atoms with Crippen LogP contribution < -0.4 is 125 Å². The molecule has 63 heavy (non-hydrogen) atoms. The van der Waals surface area contributed by atoms with Gasteiger partial charge in [-0.3, -0.25) is 30.6 Å². The van der Waals surface area contributed by atoms with E-state index in [1.807, 2.05) is 0 Å². The van der Waals surface area contributed by atoms with Gasteiger partial charge in [0.05, 0.1) is 64.4 Å².